The Morgan fingerprint density at radius 3 is 2.46 bits per heavy atom. The van der Waals surface area contributed by atoms with E-state index >= 15 is 0 Å². The van der Waals surface area contributed by atoms with Crippen LogP contribution in [0, 0.1) is 0 Å². The van der Waals surface area contributed by atoms with Gasteiger partial charge in [-0.2, -0.15) is 0 Å². The van der Waals surface area contributed by atoms with Gasteiger partial charge in [-0.15, -0.1) is 0 Å². The van der Waals surface area contributed by atoms with Gasteiger partial charge in [-0.05, 0) is 39.0 Å². The molecule has 6 heteroatoms. The number of fused-ring (bicyclic) bond motifs is 2. The summed E-state index contributed by atoms with van der Waals surface area (Å²) < 4.78 is 17.0. The Balaban J connectivity index is 1.92. The first kappa shape index (κ1) is 16.4. The minimum atomic E-state index is -1.05. The number of ether oxygens (including phenoxy) is 2. The van der Waals surface area contributed by atoms with E-state index < -0.39 is 10.8 Å². The SMILES string of the molecule is CC1=C(O)c2c(oc(-c3ccc4c(c3)OCCO4)cc2=O)C(C)(C)C1=O. The van der Waals surface area contributed by atoms with Gasteiger partial charge in [0.05, 0.1) is 5.41 Å². The van der Waals surface area contributed by atoms with E-state index in [-0.39, 0.29) is 28.4 Å². The second kappa shape index (κ2) is 5.49. The molecule has 2 aromatic rings. The highest BCUT2D eigenvalue weighted by atomic mass is 16.6. The molecular formula is C20H18O6. The van der Waals surface area contributed by atoms with Crippen molar-refractivity contribution in [2.24, 2.45) is 0 Å². The Morgan fingerprint density at radius 1 is 1.04 bits per heavy atom. The maximum absolute atomic E-state index is 12.7. The van der Waals surface area contributed by atoms with Crippen molar-refractivity contribution in [1.82, 2.24) is 0 Å². The molecule has 134 valence electrons. The summed E-state index contributed by atoms with van der Waals surface area (Å²) >= 11 is 0. The molecule has 1 aliphatic heterocycles. The lowest BCUT2D eigenvalue weighted by Gasteiger charge is -2.29. The topological polar surface area (TPSA) is 86.0 Å². The monoisotopic (exact) mass is 354 g/mol. The Hall–Kier alpha value is -3.02. The molecule has 1 aliphatic carbocycles. The van der Waals surface area contributed by atoms with Crippen molar-refractivity contribution in [3.63, 3.8) is 0 Å². The Labute approximate surface area is 149 Å². The molecule has 0 atom stereocenters. The lowest BCUT2D eigenvalue weighted by atomic mass is 9.75. The largest absolute Gasteiger partial charge is 0.507 e. The lowest BCUT2D eigenvalue weighted by Crippen LogP contribution is -2.37. The fraction of sp³-hybridized carbons (Fsp3) is 0.300. The van der Waals surface area contributed by atoms with Crippen LogP contribution in [0.5, 0.6) is 11.5 Å². The summed E-state index contributed by atoms with van der Waals surface area (Å²) in [5.41, 5.74) is -0.596. The molecule has 2 aliphatic rings. The van der Waals surface area contributed by atoms with Gasteiger partial charge in [-0.25, -0.2) is 0 Å². The number of ketones is 1. The second-order valence-electron chi connectivity index (χ2n) is 6.97. The number of hydrogen-bond acceptors (Lipinski definition) is 6. The van der Waals surface area contributed by atoms with Crippen LogP contribution in [0.15, 0.2) is 39.1 Å². The molecule has 1 aromatic carbocycles. The summed E-state index contributed by atoms with van der Waals surface area (Å²) in [4.78, 5) is 25.2. The molecular weight excluding hydrogens is 336 g/mol. The third-order valence-corrected chi connectivity index (χ3v) is 4.84. The first-order valence-corrected chi connectivity index (χ1v) is 8.34. The van der Waals surface area contributed by atoms with Gasteiger partial charge in [0, 0.05) is 17.2 Å². The fourth-order valence-corrected chi connectivity index (χ4v) is 3.36. The van der Waals surface area contributed by atoms with Gasteiger partial charge < -0.3 is 19.0 Å². The van der Waals surface area contributed by atoms with Crippen LogP contribution in [0.25, 0.3) is 17.1 Å². The lowest BCUT2D eigenvalue weighted by molar-refractivity contribution is -0.120. The fourth-order valence-electron chi connectivity index (χ4n) is 3.36. The Kier molecular flexibility index (Phi) is 3.47. The number of carbonyl (C=O) groups is 1. The standard InChI is InChI=1S/C20H18O6/c1-10-17(22)16-12(21)9-14(26-19(16)20(2,3)18(10)23)11-4-5-13-15(8-11)25-7-6-24-13/h4-5,8-9,22H,6-7H2,1-3H3. The maximum atomic E-state index is 12.7. The van der Waals surface area contributed by atoms with Crippen molar-refractivity contribution < 1.29 is 23.8 Å². The van der Waals surface area contributed by atoms with E-state index in [0.717, 1.165) is 0 Å². The zero-order valence-electron chi connectivity index (χ0n) is 14.7. The van der Waals surface area contributed by atoms with E-state index in [1.54, 1.807) is 32.0 Å². The van der Waals surface area contributed by atoms with Crippen LogP contribution in [-0.2, 0) is 10.2 Å². The molecule has 26 heavy (non-hydrogen) atoms. The van der Waals surface area contributed by atoms with Gasteiger partial charge in [-0.3, -0.25) is 9.59 Å². The van der Waals surface area contributed by atoms with Crippen molar-refractivity contribution in [2.45, 2.75) is 26.2 Å². The van der Waals surface area contributed by atoms with Gasteiger partial charge in [0.2, 0.25) is 0 Å². The molecule has 6 nitrogen and oxygen atoms in total. The maximum Gasteiger partial charge on any atom is 0.196 e. The highest BCUT2D eigenvalue weighted by Crippen LogP contribution is 2.40. The first-order valence-electron chi connectivity index (χ1n) is 8.34. The summed E-state index contributed by atoms with van der Waals surface area (Å²) in [6, 6.07) is 6.56. The molecule has 1 N–H and O–H groups in total. The molecule has 4 rings (SSSR count). The Morgan fingerprint density at radius 2 is 1.73 bits per heavy atom. The average Bonchev–Trinajstić information content (AvgIpc) is 2.64. The highest BCUT2D eigenvalue weighted by Gasteiger charge is 2.43. The smallest absolute Gasteiger partial charge is 0.196 e. The molecule has 0 unspecified atom stereocenters. The number of hydrogen-bond donors (Lipinski definition) is 1. The van der Waals surface area contributed by atoms with Crippen molar-refractivity contribution in [3.8, 4) is 22.8 Å². The zero-order chi connectivity index (χ0) is 18.6. The number of rotatable bonds is 1. The van der Waals surface area contributed by atoms with Crippen LogP contribution in [-0.4, -0.2) is 24.1 Å². The number of aliphatic hydroxyl groups excluding tert-OH is 1. The van der Waals surface area contributed by atoms with Gasteiger partial charge in [-0.1, -0.05) is 0 Å². The van der Waals surface area contributed by atoms with Crippen molar-refractivity contribution >= 4 is 11.5 Å². The van der Waals surface area contributed by atoms with E-state index in [2.05, 4.69) is 0 Å². The average molecular weight is 354 g/mol. The van der Waals surface area contributed by atoms with E-state index in [0.29, 0.717) is 36.0 Å². The molecule has 0 saturated heterocycles. The number of aliphatic hydroxyl groups is 1. The first-order chi connectivity index (χ1) is 12.3. The highest BCUT2D eigenvalue weighted by molar-refractivity contribution is 6.09. The summed E-state index contributed by atoms with van der Waals surface area (Å²) in [5, 5.41) is 10.3. The molecule has 2 heterocycles. The summed E-state index contributed by atoms with van der Waals surface area (Å²) in [6.07, 6.45) is 0. The Bertz CT molecular complexity index is 1030. The van der Waals surface area contributed by atoms with Crippen molar-refractivity contribution in [2.75, 3.05) is 13.2 Å². The van der Waals surface area contributed by atoms with Crippen LogP contribution in [0.4, 0.5) is 0 Å². The molecule has 1 aromatic heterocycles. The molecule has 0 radical (unpaired) electrons. The van der Waals surface area contributed by atoms with Crippen LogP contribution in [0.1, 0.15) is 32.1 Å². The van der Waals surface area contributed by atoms with Gasteiger partial charge in [0.1, 0.15) is 36.1 Å². The zero-order valence-corrected chi connectivity index (χ0v) is 14.7. The normalized spacial score (nSPS) is 17.9. The van der Waals surface area contributed by atoms with Crippen LogP contribution in [0.3, 0.4) is 0 Å². The quantitative estimate of drug-likeness (QED) is 0.846. The van der Waals surface area contributed by atoms with Gasteiger partial charge >= 0.3 is 0 Å². The van der Waals surface area contributed by atoms with Crippen molar-refractivity contribution in [1.29, 1.82) is 0 Å². The summed E-state index contributed by atoms with van der Waals surface area (Å²) in [5.74, 6) is 1.09. The van der Waals surface area contributed by atoms with Crippen LogP contribution >= 0.6 is 0 Å². The molecule has 0 bridgehead atoms. The van der Waals surface area contributed by atoms with Gasteiger partial charge in [0.25, 0.3) is 0 Å². The van der Waals surface area contributed by atoms with E-state index in [9.17, 15) is 14.7 Å². The summed E-state index contributed by atoms with van der Waals surface area (Å²) in [6.45, 7) is 5.81. The number of Topliss-reactive ketones (excluding diaryl/α,β-unsaturated/α-hetero) is 1. The van der Waals surface area contributed by atoms with E-state index in [1.165, 1.54) is 13.0 Å². The molecule has 0 amide bonds. The van der Waals surface area contributed by atoms with Crippen LogP contribution in [0.2, 0.25) is 0 Å². The minimum absolute atomic E-state index is 0.0494. The number of allylic oxidation sites excluding steroid dienone is 1. The van der Waals surface area contributed by atoms with E-state index in [4.69, 9.17) is 13.9 Å². The number of carbonyl (C=O) groups excluding carboxylic acids is 1. The molecule has 0 saturated carbocycles. The van der Waals surface area contributed by atoms with Crippen LogP contribution < -0.4 is 14.9 Å². The minimum Gasteiger partial charge on any atom is -0.507 e. The second-order valence-corrected chi connectivity index (χ2v) is 6.97. The predicted molar refractivity (Wildman–Crippen MR) is 94.7 cm³/mol. The van der Waals surface area contributed by atoms with Crippen molar-refractivity contribution in [3.05, 3.63) is 51.4 Å². The number of benzene rings is 1. The van der Waals surface area contributed by atoms with E-state index in [1.807, 2.05) is 0 Å². The molecule has 0 spiro atoms. The van der Waals surface area contributed by atoms with Gasteiger partial charge in [0.15, 0.2) is 22.7 Å². The predicted octanol–water partition coefficient (Wildman–Crippen LogP) is 3.23. The third-order valence-electron chi connectivity index (χ3n) is 4.84. The summed E-state index contributed by atoms with van der Waals surface area (Å²) in [7, 11) is 0. The molecule has 0 fully saturated rings. The third kappa shape index (κ3) is 2.25.